The van der Waals surface area contributed by atoms with Crippen molar-refractivity contribution < 1.29 is 18.7 Å². The lowest BCUT2D eigenvalue weighted by atomic mass is 9.97. The normalized spacial score (nSPS) is 19.8. The molecule has 154 valence electrons. The highest BCUT2D eigenvalue weighted by atomic mass is 32.1. The predicted octanol–water partition coefficient (Wildman–Crippen LogP) is 3.21. The number of benzene rings is 1. The van der Waals surface area contributed by atoms with Gasteiger partial charge in [0, 0.05) is 31.9 Å². The summed E-state index contributed by atoms with van der Waals surface area (Å²) in [4.78, 5) is 29.7. The molecule has 0 spiro atoms. The molecule has 2 saturated heterocycles. The maximum atomic E-state index is 14.6. The summed E-state index contributed by atoms with van der Waals surface area (Å²) in [6.45, 7) is 3.51. The molecule has 6 nitrogen and oxygen atoms in total. The van der Waals surface area contributed by atoms with E-state index in [1.54, 1.807) is 23.1 Å². The van der Waals surface area contributed by atoms with Crippen molar-refractivity contribution in [1.29, 1.82) is 0 Å². The number of likely N-dealkylation sites (tertiary alicyclic amines) is 1. The third-order valence-corrected chi connectivity index (χ3v) is 6.24. The fourth-order valence-electron chi connectivity index (χ4n) is 3.82. The molecule has 2 amide bonds. The number of piperidine rings is 1. The van der Waals surface area contributed by atoms with Crippen molar-refractivity contribution in [3.8, 4) is 0 Å². The second kappa shape index (κ2) is 8.92. The molecular weight excluding hydrogens is 393 g/mol. The molecule has 3 heterocycles. The molecule has 0 bridgehead atoms. The third kappa shape index (κ3) is 4.59. The first-order valence-corrected chi connectivity index (χ1v) is 10.8. The summed E-state index contributed by atoms with van der Waals surface area (Å²) >= 11 is 1.41. The number of ether oxygens (including phenoxy) is 1. The molecule has 1 atom stereocenters. The first-order valence-electron chi connectivity index (χ1n) is 9.88. The minimum Gasteiger partial charge on any atom is -0.378 e. The van der Waals surface area contributed by atoms with Gasteiger partial charge in [-0.15, -0.1) is 11.3 Å². The Hall–Kier alpha value is -2.45. The molecule has 2 aliphatic heterocycles. The van der Waals surface area contributed by atoms with E-state index in [4.69, 9.17) is 4.74 Å². The van der Waals surface area contributed by atoms with Crippen LogP contribution < -0.4 is 10.2 Å². The van der Waals surface area contributed by atoms with E-state index >= 15 is 0 Å². The number of nitrogens with one attached hydrogen (secondary N) is 1. The van der Waals surface area contributed by atoms with Crippen LogP contribution in [0.1, 0.15) is 22.5 Å². The van der Waals surface area contributed by atoms with E-state index < -0.39 is 0 Å². The van der Waals surface area contributed by atoms with Crippen LogP contribution in [-0.2, 0) is 9.53 Å². The van der Waals surface area contributed by atoms with Gasteiger partial charge in [0.2, 0.25) is 5.91 Å². The number of nitrogens with zero attached hydrogens (tertiary/aromatic N) is 2. The lowest BCUT2D eigenvalue weighted by molar-refractivity contribution is -0.121. The summed E-state index contributed by atoms with van der Waals surface area (Å²) in [6.07, 6.45) is 1.49. The van der Waals surface area contributed by atoms with Crippen LogP contribution >= 0.6 is 11.3 Å². The van der Waals surface area contributed by atoms with Gasteiger partial charge in [0.05, 0.1) is 29.7 Å². The van der Waals surface area contributed by atoms with Crippen LogP contribution in [0.5, 0.6) is 0 Å². The van der Waals surface area contributed by atoms with Crippen LogP contribution in [0.4, 0.5) is 15.8 Å². The van der Waals surface area contributed by atoms with Gasteiger partial charge in [0.1, 0.15) is 5.82 Å². The molecule has 1 N–H and O–H groups in total. The van der Waals surface area contributed by atoms with Gasteiger partial charge >= 0.3 is 0 Å². The molecule has 2 aromatic rings. The predicted molar refractivity (Wildman–Crippen MR) is 111 cm³/mol. The van der Waals surface area contributed by atoms with E-state index in [1.165, 1.54) is 17.4 Å². The lowest BCUT2D eigenvalue weighted by Crippen LogP contribution is -2.43. The topological polar surface area (TPSA) is 61.9 Å². The Morgan fingerprint density at radius 1 is 1.17 bits per heavy atom. The summed E-state index contributed by atoms with van der Waals surface area (Å²) in [5.41, 5.74) is 0.961. The van der Waals surface area contributed by atoms with Crippen molar-refractivity contribution in [2.45, 2.75) is 12.8 Å². The first kappa shape index (κ1) is 19.8. The van der Waals surface area contributed by atoms with Crippen molar-refractivity contribution in [3.05, 3.63) is 46.4 Å². The fourth-order valence-corrected chi connectivity index (χ4v) is 4.51. The lowest BCUT2D eigenvalue weighted by Gasteiger charge is -2.32. The average molecular weight is 418 g/mol. The number of carbonyl (C=O) groups excluding carboxylic acids is 2. The zero-order valence-electron chi connectivity index (χ0n) is 16.1. The Morgan fingerprint density at radius 3 is 2.72 bits per heavy atom. The molecule has 1 aromatic carbocycles. The maximum Gasteiger partial charge on any atom is 0.263 e. The van der Waals surface area contributed by atoms with Crippen molar-refractivity contribution in [3.63, 3.8) is 0 Å². The van der Waals surface area contributed by atoms with Crippen LogP contribution in [0.15, 0.2) is 35.7 Å². The number of morpholine rings is 1. The van der Waals surface area contributed by atoms with Gasteiger partial charge in [-0.2, -0.15) is 0 Å². The smallest absolute Gasteiger partial charge is 0.263 e. The molecule has 0 aliphatic carbocycles. The van der Waals surface area contributed by atoms with E-state index in [2.05, 4.69) is 5.32 Å². The molecule has 1 unspecified atom stereocenters. The number of carbonyl (C=O) groups is 2. The molecule has 0 saturated carbocycles. The second-order valence-corrected chi connectivity index (χ2v) is 8.27. The monoisotopic (exact) mass is 417 g/mol. The number of hydrogen-bond acceptors (Lipinski definition) is 5. The zero-order chi connectivity index (χ0) is 20.2. The minimum absolute atomic E-state index is 0.0293. The second-order valence-electron chi connectivity index (χ2n) is 7.32. The van der Waals surface area contributed by atoms with Gasteiger partial charge < -0.3 is 19.9 Å². The van der Waals surface area contributed by atoms with Crippen LogP contribution in [0.25, 0.3) is 0 Å². The van der Waals surface area contributed by atoms with E-state index in [-0.39, 0.29) is 23.5 Å². The summed E-state index contributed by atoms with van der Waals surface area (Å²) in [5.74, 6) is -0.858. The Balaban J connectivity index is 1.38. The van der Waals surface area contributed by atoms with Gasteiger partial charge in [-0.3, -0.25) is 9.59 Å². The summed E-state index contributed by atoms with van der Waals surface area (Å²) in [6, 6.07) is 8.43. The molecule has 4 rings (SSSR count). The Kier molecular flexibility index (Phi) is 6.10. The van der Waals surface area contributed by atoms with Crippen LogP contribution in [0.2, 0.25) is 0 Å². The highest BCUT2D eigenvalue weighted by Gasteiger charge is 2.29. The van der Waals surface area contributed by atoms with Gasteiger partial charge in [-0.05, 0) is 42.5 Å². The summed E-state index contributed by atoms with van der Waals surface area (Å²) < 4.78 is 19.9. The van der Waals surface area contributed by atoms with Gasteiger partial charge in [0.15, 0.2) is 0 Å². The number of hydrogen-bond donors (Lipinski definition) is 1. The minimum atomic E-state index is -0.358. The molecule has 2 aliphatic rings. The molecule has 1 aromatic heterocycles. The maximum absolute atomic E-state index is 14.6. The van der Waals surface area contributed by atoms with Crippen molar-refractivity contribution >= 4 is 34.5 Å². The molecule has 8 heteroatoms. The highest BCUT2D eigenvalue weighted by Crippen LogP contribution is 2.26. The van der Waals surface area contributed by atoms with Crippen molar-refractivity contribution in [1.82, 2.24) is 4.90 Å². The van der Waals surface area contributed by atoms with E-state index in [1.807, 2.05) is 16.3 Å². The van der Waals surface area contributed by atoms with Gasteiger partial charge in [-0.1, -0.05) is 6.07 Å². The number of anilines is 2. The Morgan fingerprint density at radius 2 is 2.00 bits per heavy atom. The highest BCUT2D eigenvalue weighted by molar-refractivity contribution is 7.12. The number of amides is 2. The SMILES string of the molecule is O=C(Nc1ccc(N2CCOCC2)c(F)c1)C1CCCN(C(=O)c2cccs2)C1. The largest absolute Gasteiger partial charge is 0.378 e. The molecule has 2 fully saturated rings. The molecule has 0 radical (unpaired) electrons. The van der Waals surface area contributed by atoms with Crippen LogP contribution in [0.3, 0.4) is 0 Å². The van der Waals surface area contributed by atoms with Crippen molar-refractivity contribution in [2.75, 3.05) is 49.6 Å². The average Bonchev–Trinajstić information content (AvgIpc) is 3.29. The number of thiophene rings is 1. The number of halogens is 1. The Bertz CT molecular complexity index is 868. The molecular formula is C21H24FN3O3S. The van der Waals surface area contributed by atoms with E-state index in [0.29, 0.717) is 62.1 Å². The Labute approximate surface area is 173 Å². The van der Waals surface area contributed by atoms with Gasteiger partial charge in [-0.25, -0.2) is 4.39 Å². The third-order valence-electron chi connectivity index (χ3n) is 5.38. The number of rotatable bonds is 4. The van der Waals surface area contributed by atoms with E-state index in [0.717, 1.165) is 6.42 Å². The van der Waals surface area contributed by atoms with Crippen LogP contribution in [0, 0.1) is 11.7 Å². The van der Waals surface area contributed by atoms with Crippen LogP contribution in [-0.4, -0.2) is 56.1 Å². The quantitative estimate of drug-likeness (QED) is 0.830. The summed E-state index contributed by atoms with van der Waals surface area (Å²) in [7, 11) is 0. The fraction of sp³-hybridized carbons (Fsp3) is 0.429. The summed E-state index contributed by atoms with van der Waals surface area (Å²) in [5, 5.41) is 4.69. The standard InChI is InChI=1S/C21H24FN3O3S/c22-17-13-16(5-6-18(17)24-8-10-28-11-9-24)23-20(26)15-3-1-7-25(14-15)21(27)19-4-2-12-29-19/h2,4-6,12-13,15H,1,3,7-11,14H2,(H,23,26). The van der Waals surface area contributed by atoms with E-state index in [9.17, 15) is 14.0 Å². The molecule has 29 heavy (non-hydrogen) atoms. The first-order chi connectivity index (χ1) is 14.1. The zero-order valence-corrected chi connectivity index (χ0v) is 16.9. The van der Waals surface area contributed by atoms with Gasteiger partial charge in [0.25, 0.3) is 5.91 Å². The van der Waals surface area contributed by atoms with Crippen molar-refractivity contribution in [2.24, 2.45) is 5.92 Å².